The molecular weight excluding hydrogens is 508 g/mol. The smallest absolute Gasteiger partial charge is 0.410 e. The van der Waals surface area contributed by atoms with Gasteiger partial charge in [-0.3, -0.25) is 4.84 Å². The Morgan fingerprint density at radius 3 is 2.46 bits per heavy atom. The van der Waals surface area contributed by atoms with Crippen molar-refractivity contribution in [3.63, 3.8) is 0 Å². The van der Waals surface area contributed by atoms with Crippen LogP contribution in [0.3, 0.4) is 0 Å². The molecule has 2 fully saturated rings. The highest BCUT2D eigenvalue weighted by Gasteiger charge is 2.47. The summed E-state index contributed by atoms with van der Waals surface area (Å²) in [5, 5.41) is 12.5. The van der Waals surface area contributed by atoms with Crippen molar-refractivity contribution >= 4 is 18.2 Å². The Hall–Kier alpha value is -3.09. The molecule has 2 bridgehead atoms. The molecule has 1 aromatic heterocycles. The number of urea groups is 1. The number of carbonyl (C=O) groups is 3. The first kappa shape index (κ1) is 30.5. The number of alkyl carbamates (subject to hydrolysis) is 1. The van der Waals surface area contributed by atoms with Gasteiger partial charge in [0.15, 0.2) is 0 Å². The molecule has 0 unspecified atom stereocenters. The molecule has 2 saturated heterocycles. The van der Waals surface area contributed by atoms with Gasteiger partial charge in [-0.15, -0.1) is 10.2 Å². The van der Waals surface area contributed by atoms with Gasteiger partial charge in [0.05, 0.1) is 12.6 Å². The average Bonchev–Trinajstić information content (AvgIpc) is 3.38. The van der Waals surface area contributed by atoms with Crippen LogP contribution in [-0.2, 0) is 20.7 Å². The van der Waals surface area contributed by atoms with E-state index < -0.39 is 23.4 Å². The third-order valence-corrected chi connectivity index (χ3v) is 6.12. The summed E-state index contributed by atoms with van der Waals surface area (Å²) in [6.07, 6.45) is 2.58. The fourth-order valence-electron chi connectivity index (χ4n) is 4.32. The van der Waals surface area contributed by atoms with Gasteiger partial charge in [0.25, 0.3) is 0 Å². The van der Waals surface area contributed by atoms with Crippen LogP contribution >= 0.6 is 0 Å². The largest absolute Gasteiger partial charge is 0.444 e. The molecule has 13 heteroatoms. The zero-order valence-electron chi connectivity index (χ0n) is 24.3. The molecule has 3 rings (SSSR count). The minimum Gasteiger partial charge on any atom is -0.444 e. The van der Waals surface area contributed by atoms with E-state index in [1.165, 1.54) is 9.96 Å². The highest BCUT2D eigenvalue weighted by molar-refractivity contribution is 5.77. The molecule has 0 spiro atoms. The highest BCUT2D eigenvalue weighted by Crippen LogP contribution is 2.38. The van der Waals surface area contributed by atoms with E-state index in [0.717, 1.165) is 19.3 Å². The number of nitrogens with one attached hydrogen (secondary N) is 1. The van der Waals surface area contributed by atoms with Gasteiger partial charge in [0, 0.05) is 32.6 Å². The van der Waals surface area contributed by atoms with Gasteiger partial charge < -0.3 is 29.0 Å². The van der Waals surface area contributed by atoms with Crippen LogP contribution in [0.1, 0.15) is 92.0 Å². The standard InChI is InChI=1S/C26H44N6O7/c1-8-9-16-36-32-18-10-11-19(31(17-18)23(32)34)21-29-28-20(37-21)12-14-30(24(35)39-26(5,6)7)15-13-27-22(33)38-25(2,3)4/h18-19H,8-17H2,1-7H3,(H,27,33)/t18-,19-/m0/s1. The van der Waals surface area contributed by atoms with Crippen LogP contribution in [0.15, 0.2) is 4.42 Å². The van der Waals surface area contributed by atoms with E-state index >= 15 is 0 Å². The van der Waals surface area contributed by atoms with E-state index in [-0.39, 0.29) is 44.2 Å². The van der Waals surface area contributed by atoms with E-state index in [1.54, 1.807) is 46.4 Å². The number of ether oxygens (including phenoxy) is 2. The van der Waals surface area contributed by atoms with Crippen molar-refractivity contribution in [3.8, 4) is 0 Å². The van der Waals surface area contributed by atoms with Crippen LogP contribution in [0.4, 0.5) is 14.4 Å². The lowest BCUT2D eigenvalue weighted by molar-refractivity contribution is -0.130. The molecule has 0 saturated carbocycles. The number of unbranched alkanes of at least 4 members (excludes halogenated alkanes) is 1. The van der Waals surface area contributed by atoms with Crippen LogP contribution in [0.25, 0.3) is 0 Å². The number of amides is 4. The van der Waals surface area contributed by atoms with Crippen molar-refractivity contribution in [1.82, 2.24) is 30.4 Å². The van der Waals surface area contributed by atoms with Gasteiger partial charge >= 0.3 is 18.2 Å². The highest BCUT2D eigenvalue weighted by atomic mass is 16.7. The second kappa shape index (κ2) is 12.8. The summed E-state index contributed by atoms with van der Waals surface area (Å²) in [7, 11) is 0. The maximum absolute atomic E-state index is 12.9. The molecule has 39 heavy (non-hydrogen) atoms. The third kappa shape index (κ3) is 8.97. The maximum Gasteiger partial charge on any atom is 0.410 e. The topological polar surface area (TPSA) is 140 Å². The Kier molecular flexibility index (Phi) is 10.0. The first-order chi connectivity index (χ1) is 18.3. The molecule has 2 aliphatic rings. The Balaban J connectivity index is 1.58. The number of hydrogen-bond donors (Lipinski definition) is 1. The number of hydroxylamine groups is 2. The molecule has 0 aliphatic carbocycles. The van der Waals surface area contributed by atoms with Crippen LogP contribution < -0.4 is 5.32 Å². The molecule has 1 N–H and O–H groups in total. The molecule has 1 aromatic rings. The van der Waals surface area contributed by atoms with Crippen molar-refractivity contribution in [2.45, 2.75) is 104 Å². The monoisotopic (exact) mass is 552 g/mol. The van der Waals surface area contributed by atoms with E-state index in [4.69, 9.17) is 18.7 Å². The van der Waals surface area contributed by atoms with Crippen LogP contribution in [0.2, 0.25) is 0 Å². The number of nitrogens with zero attached hydrogens (tertiary/aromatic N) is 5. The average molecular weight is 553 g/mol. The fraction of sp³-hybridized carbons (Fsp3) is 0.808. The number of carbonyl (C=O) groups excluding carboxylic acids is 3. The predicted molar refractivity (Wildman–Crippen MR) is 141 cm³/mol. The summed E-state index contributed by atoms with van der Waals surface area (Å²) in [4.78, 5) is 46.7. The van der Waals surface area contributed by atoms with Crippen molar-refractivity contribution in [2.24, 2.45) is 0 Å². The molecule has 2 atom stereocenters. The van der Waals surface area contributed by atoms with Crippen LogP contribution in [0.5, 0.6) is 0 Å². The van der Waals surface area contributed by atoms with Gasteiger partial charge in [0.2, 0.25) is 11.8 Å². The summed E-state index contributed by atoms with van der Waals surface area (Å²) in [5.41, 5.74) is -1.30. The lowest BCUT2D eigenvalue weighted by Crippen LogP contribution is -2.43. The van der Waals surface area contributed by atoms with Crippen LogP contribution in [-0.4, -0.2) is 93.3 Å². The molecule has 13 nitrogen and oxygen atoms in total. The van der Waals surface area contributed by atoms with Crippen molar-refractivity contribution in [2.75, 3.05) is 32.8 Å². The van der Waals surface area contributed by atoms with Gasteiger partial charge in [0.1, 0.15) is 17.2 Å². The van der Waals surface area contributed by atoms with E-state index in [2.05, 4.69) is 22.4 Å². The number of aromatic nitrogens is 2. The zero-order chi connectivity index (χ0) is 28.8. The van der Waals surface area contributed by atoms with E-state index in [1.807, 2.05) is 0 Å². The Bertz CT molecular complexity index is 986. The van der Waals surface area contributed by atoms with Gasteiger partial charge in [-0.1, -0.05) is 13.3 Å². The van der Waals surface area contributed by atoms with Crippen LogP contribution in [0, 0.1) is 0 Å². The van der Waals surface area contributed by atoms with Crippen molar-refractivity contribution in [1.29, 1.82) is 0 Å². The maximum atomic E-state index is 12.9. The normalized spacial score (nSPS) is 19.3. The number of rotatable bonds is 11. The second-order valence-corrected chi connectivity index (χ2v) is 11.9. The number of fused-ring (bicyclic) bond motifs is 2. The molecule has 0 aromatic carbocycles. The Labute approximate surface area is 230 Å². The Morgan fingerprint density at radius 2 is 1.79 bits per heavy atom. The van der Waals surface area contributed by atoms with Gasteiger partial charge in [-0.25, -0.2) is 14.4 Å². The lowest BCUT2D eigenvalue weighted by atomic mass is 10.0. The van der Waals surface area contributed by atoms with Gasteiger partial charge in [-0.05, 0) is 60.8 Å². The summed E-state index contributed by atoms with van der Waals surface area (Å²) in [6, 6.07) is -0.452. The molecule has 2 aliphatic heterocycles. The second-order valence-electron chi connectivity index (χ2n) is 11.9. The molecular formula is C26H44N6O7. The summed E-state index contributed by atoms with van der Waals surface area (Å²) < 4.78 is 16.7. The minimum atomic E-state index is -0.680. The first-order valence-corrected chi connectivity index (χ1v) is 13.8. The molecule has 220 valence electrons. The lowest BCUT2D eigenvalue weighted by Gasteiger charge is -2.28. The minimum absolute atomic E-state index is 0.0321. The zero-order valence-corrected chi connectivity index (χ0v) is 24.3. The Morgan fingerprint density at radius 1 is 1.08 bits per heavy atom. The van der Waals surface area contributed by atoms with Gasteiger partial charge in [-0.2, -0.15) is 5.06 Å². The molecule has 4 amide bonds. The fourth-order valence-corrected chi connectivity index (χ4v) is 4.32. The van der Waals surface area contributed by atoms with Crippen molar-refractivity contribution in [3.05, 3.63) is 11.8 Å². The van der Waals surface area contributed by atoms with E-state index in [0.29, 0.717) is 31.4 Å². The number of piperidine rings is 1. The summed E-state index contributed by atoms with van der Waals surface area (Å²) in [6.45, 7) is 14.5. The summed E-state index contributed by atoms with van der Waals surface area (Å²) >= 11 is 0. The quantitative estimate of drug-likeness (QED) is 0.403. The SMILES string of the molecule is CCCCON1C(=O)N2C[C@@H]1CC[C@H]2c1nnc(CCN(CCNC(=O)OC(C)(C)C)C(=O)OC(C)(C)C)o1. The molecule has 0 radical (unpaired) electrons. The first-order valence-electron chi connectivity index (χ1n) is 13.8. The molecule has 3 heterocycles. The third-order valence-electron chi connectivity index (χ3n) is 6.12. The summed E-state index contributed by atoms with van der Waals surface area (Å²) in [5.74, 6) is 0.728. The predicted octanol–water partition coefficient (Wildman–Crippen LogP) is 4.05. The van der Waals surface area contributed by atoms with E-state index in [9.17, 15) is 14.4 Å². The number of hydrogen-bond acceptors (Lipinski definition) is 9. The van der Waals surface area contributed by atoms with Crippen molar-refractivity contribution < 1.29 is 33.1 Å².